The SMILES string of the molecule is CN(CCNC(=O)[C@@H]1CCCN1C1=NS(=O)(=O)c2ccccc21)Cc1ccccc1. The maximum atomic E-state index is 12.8. The number of fused-ring (bicyclic) bond motifs is 1. The number of sulfonamides is 1. The van der Waals surface area contributed by atoms with Crippen molar-refractivity contribution in [2.75, 3.05) is 26.7 Å². The maximum absolute atomic E-state index is 12.8. The molecule has 158 valence electrons. The quantitative estimate of drug-likeness (QED) is 0.762. The Kier molecular flexibility index (Phi) is 5.87. The topological polar surface area (TPSA) is 82.1 Å². The highest BCUT2D eigenvalue weighted by molar-refractivity contribution is 7.90. The third-order valence-corrected chi connectivity index (χ3v) is 6.85. The summed E-state index contributed by atoms with van der Waals surface area (Å²) in [5.41, 5.74) is 1.81. The summed E-state index contributed by atoms with van der Waals surface area (Å²) >= 11 is 0. The smallest absolute Gasteiger partial charge is 0.285 e. The molecule has 0 spiro atoms. The summed E-state index contributed by atoms with van der Waals surface area (Å²) in [7, 11) is -1.67. The van der Waals surface area contributed by atoms with Crippen LogP contribution in [0.3, 0.4) is 0 Å². The molecule has 0 radical (unpaired) electrons. The molecule has 2 aromatic rings. The van der Waals surface area contributed by atoms with Gasteiger partial charge in [0.25, 0.3) is 10.0 Å². The van der Waals surface area contributed by atoms with Crippen molar-refractivity contribution in [2.24, 2.45) is 4.40 Å². The molecule has 0 aromatic heterocycles. The summed E-state index contributed by atoms with van der Waals surface area (Å²) in [6, 6.07) is 16.6. The van der Waals surface area contributed by atoms with E-state index in [9.17, 15) is 13.2 Å². The first-order chi connectivity index (χ1) is 14.5. The molecule has 7 nitrogen and oxygen atoms in total. The van der Waals surface area contributed by atoms with E-state index in [4.69, 9.17) is 0 Å². The summed E-state index contributed by atoms with van der Waals surface area (Å²) in [6.45, 7) is 2.70. The summed E-state index contributed by atoms with van der Waals surface area (Å²) < 4.78 is 28.7. The molecule has 1 saturated heterocycles. The van der Waals surface area contributed by atoms with Crippen LogP contribution in [-0.2, 0) is 21.4 Å². The van der Waals surface area contributed by atoms with Gasteiger partial charge in [-0.25, -0.2) is 0 Å². The van der Waals surface area contributed by atoms with Crippen molar-refractivity contribution in [3.63, 3.8) is 0 Å². The second-order valence-corrected chi connectivity index (χ2v) is 9.32. The van der Waals surface area contributed by atoms with E-state index in [0.29, 0.717) is 30.9 Å². The van der Waals surface area contributed by atoms with Crippen molar-refractivity contribution >= 4 is 21.8 Å². The molecule has 4 rings (SSSR count). The molecule has 0 saturated carbocycles. The van der Waals surface area contributed by atoms with E-state index in [0.717, 1.165) is 19.5 Å². The number of nitrogens with one attached hydrogen (secondary N) is 1. The van der Waals surface area contributed by atoms with E-state index < -0.39 is 16.1 Å². The zero-order valence-corrected chi connectivity index (χ0v) is 17.8. The molecular formula is C22H26N4O3S. The summed E-state index contributed by atoms with van der Waals surface area (Å²) in [6.07, 6.45) is 1.51. The first-order valence-electron chi connectivity index (χ1n) is 10.2. The molecule has 8 heteroatoms. The van der Waals surface area contributed by atoms with Gasteiger partial charge in [-0.05, 0) is 37.6 Å². The number of benzene rings is 2. The number of carbonyl (C=O) groups excluding carboxylic acids is 1. The zero-order valence-electron chi connectivity index (χ0n) is 17.0. The van der Waals surface area contributed by atoms with Crippen LogP contribution in [0.5, 0.6) is 0 Å². The van der Waals surface area contributed by atoms with Gasteiger partial charge in [0.15, 0.2) is 5.84 Å². The van der Waals surface area contributed by atoms with Crippen LogP contribution in [0.15, 0.2) is 63.9 Å². The standard InChI is InChI=1S/C22H26N4O3S/c1-25(16-17-8-3-2-4-9-17)15-13-23-22(27)19-11-7-14-26(19)21-18-10-5-6-12-20(18)30(28,29)24-21/h2-6,8-10,12,19H,7,11,13-16H2,1H3,(H,23,27)/t19-/m0/s1. The Balaban J connectivity index is 1.37. The zero-order chi connectivity index (χ0) is 21.1. The molecule has 1 atom stereocenters. The highest BCUT2D eigenvalue weighted by atomic mass is 32.2. The highest BCUT2D eigenvalue weighted by Crippen LogP contribution is 2.31. The Morgan fingerprint density at radius 3 is 2.70 bits per heavy atom. The van der Waals surface area contributed by atoms with Gasteiger partial charge in [-0.3, -0.25) is 4.79 Å². The van der Waals surface area contributed by atoms with E-state index in [1.165, 1.54) is 5.56 Å². The minimum Gasteiger partial charge on any atom is -0.353 e. The number of amidine groups is 1. The van der Waals surface area contributed by atoms with Crippen LogP contribution < -0.4 is 5.32 Å². The number of rotatable bonds is 6. The number of carbonyl (C=O) groups is 1. The van der Waals surface area contributed by atoms with Crippen molar-refractivity contribution in [3.05, 3.63) is 65.7 Å². The predicted octanol–water partition coefficient (Wildman–Crippen LogP) is 1.85. The monoisotopic (exact) mass is 426 g/mol. The van der Waals surface area contributed by atoms with Crippen molar-refractivity contribution < 1.29 is 13.2 Å². The molecule has 2 heterocycles. The van der Waals surface area contributed by atoms with E-state index >= 15 is 0 Å². The summed E-state index contributed by atoms with van der Waals surface area (Å²) in [5, 5.41) is 3.01. The Morgan fingerprint density at radius 1 is 1.17 bits per heavy atom. The minimum absolute atomic E-state index is 0.0786. The minimum atomic E-state index is -3.69. The average molecular weight is 427 g/mol. The second-order valence-electron chi connectivity index (χ2n) is 7.75. The number of hydrogen-bond acceptors (Lipinski definition) is 5. The average Bonchev–Trinajstić information content (AvgIpc) is 3.32. The number of hydrogen-bond donors (Lipinski definition) is 1. The lowest BCUT2D eigenvalue weighted by Gasteiger charge is -2.26. The van der Waals surface area contributed by atoms with Gasteiger partial charge in [-0.1, -0.05) is 42.5 Å². The normalized spacial score (nSPS) is 19.6. The molecule has 2 aliphatic rings. The van der Waals surface area contributed by atoms with Crippen LogP contribution in [0.25, 0.3) is 0 Å². The maximum Gasteiger partial charge on any atom is 0.285 e. The lowest BCUT2D eigenvalue weighted by Crippen LogP contribution is -2.47. The van der Waals surface area contributed by atoms with Gasteiger partial charge in [0.05, 0.1) is 0 Å². The third kappa shape index (κ3) is 4.24. The van der Waals surface area contributed by atoms with Crippen LogP contribution in [0.2, 0.25) is 0 Å². The Hall–Kier alpha value is -2.71. The van der Waals surface area contributed by atoms with E-state index in [1.807, 2.05) is 30.1 Å². The van der Waals surface area contributed by atoms with Crippen molar-refractivity contribution in [1.29, 1.82) is 0 Å². The van der Waals surface area contributed by atoms with E-state index in [1.54, 1.807) is 24.3 Å². The van der Waals surface area contributed by atoms with Gasteiger partial charge in [0.2, 0.25) is 5.91 Å². The number of likely N-dealkylation sites (N-methyl/N-ethyl adjacent to an activating group) is 1. The third-order valence-electron chi connectivity index (χ3n) is 5.53. The van der Waals surface area contributed by atoms with Crippen LogP contribution >= 0.6 is 0 Å². The predicted molar refractivity (Wildman–Crippen MR) is 116 cm³/mol. The fraction of sp³-hybridized carbons (Fsp3) is 0.364. The van der Waals surface area contributed by atoms with Crippen LogP contribution in [0.4, 0.5) is 0 Å². The summed E-state index contributed by atoms with van der Waals surface area (Å²) in [4.78, 5) is 17.1. The molecular weight excluding hydrogens is 400 g/mol. The lowest BCUT2D eigenvalue weighted by molar-refractivity contribution is -0.124. The lowest BCUT2D eigenvalue weighted by atomic mass is 10.1. The number of amides is 1. The first kappa shape index (κ1) is 20.6. The van der Waals surface area contributed by atoms with E-state index in [2.05, 4.69) is 26.7 Å². The van der Waals surface area contributed by atoms with Crippen molar-refractivity contribution in [1.82, 2.24) is 15.1 Å². The molecule has 0 bridgehead atoms. The molecule has 30 heavy (non-hydrogen) atoms. The summed E-state index contributed by atoms with van der Waals surface area (Å²) in [5.74, 6) is 0.314. The molecule has 1 amide bonds. The van der Waals surface area contributed by atoms with Gasteiger partial charge in [0, 0.05) is 31.7 Å². The second kappa shape index (κ2) is 8.57. The van der Waals surface area contributed by atoms with Crippen molar-refractivity contribution in [2.45, 2.75) is 30.3 Å². The van der Waals surface area contributed by atoms with Gasteiger partial charge in [0.1, 0.15) is 10.9 Å². The van der Waals surface area contributed by atoms with Gasteiger partial charge in [-0.15, -0.1) is 4.40 Å². The number of nitrogens with zero attached hydrogens (tertiary/aromatic N) is 3. The fourth-order valence-electron chi connectivity index (χ4n) is 4.05. The molecule has 1 fully saturated rings. The van der Waals surface area contributed by atoms with Crippen LogP contribution in [0.1, 0.15) is 24.0 Å². The van der Waals surface area contributed by atoms with E-state index in [-0.39, 0.29) is 10.8 Å². The number of likely N-dealkylation sites (tertiary alicyclic amines) is 1. The molecule has 0 unspecified atom stereocenters. The molecule has 2 aromatic carbocycles. The molecule has 1 N–H and O–H groups in total. The van der Waals surface area contributed by atoms with Crippen molar-refractivity contribution in [3.8, 4) is 0 Å². The van der Waals surface area contributed by atoms with Gasteiger partial charge < -0.3 is 15.1 Å². The Labute approximate surface area is 177 Å². The van der Waals surface area contributed by atoms with Gasteiger partial charge >= 0.3 is 0 Å². The van der Waals surface area contributed by atoms with Crippen LogP contribution in [-0.4, -0.2) is 62.7 Å². The largest absolute Gasteiger partial charge is 0.353 e. The fourth-order valence-corrected chi connectivity index (χ4v) is 5.27. The van der Waals surface area contributed by atoms with Crippen LogP contribution in [0, 0.1) is 0 Å². The highest BCUT2D eigenvalue weighted by Gasteiger charge is 2.39. The molecule has 2 aliphatic heterocycles. The first-order valence-corrected chi connectivity index (χ1v) is 11.6. The Bertz CT molecular complexity index is 1050. The molecule has 0 aliphatic carbocycles. The van der Waals surface area contributed by atoms with Gasteiger partial charge in [-0.2, -0.15) is 8.42 Å². The Morgan fingerprint density at radius 2 is 1.90 bits per heavy atom.